The second-order valence-electron chi connectivity index (χ2n) is 10.4. The topological polar surface area (TPSA) is 70.5 Å². The minimum atomic E-state index is 0.156. The number of benzene rings is 3. The molecule has 6 heteroatoms. The van der Waals surface area contributed by atoms with Crippen LogP contribution in [0.3, 0.4) is 0 Å². The SMILES string of the molecule is Nc1cc(Oc2cccc(C34CC5CC(CC(C5)C3)C4)c2Oc2ccc(Br)c(N)c2)ccc1Br. The molecule has 34 heavy (non-hydrogen) atoms. The van der Waals surface area contributed by atoms with E-state index in [0.717, 1.165) is 32.4 Å². The molecule has 0 aliphatic heterocycles. The van der Waals surface area contributed by atoms with Gasteiger partial charge in [-0.25, -0.2) is 0 Å². The van der Waals surface area contributed by atoms with Crippen molar-refractivity contribution in [2.45, 2.75) is 43.9 Å². The summed E-state index contributed by atoms with van der Waals surface area (Å²) >= 11 is 6.95. The Morgan fingerprint density at radius 3 is 1.76 bits per heavy atom. The van der Waals surface area contributed by atoms with Crippen molar-refractivity contribution in [2.24, 2.45) is 17.8 Å². The summed E-state index contributed by atoms with van der Waals surface area (Å²) in [6.07, 6.45) is 7.92. The fourth-order valence-electron chi connectivity index (χ4n) is 6.98. The van der Waals surface area contributed by atoms with Crippen LogP contribution in [0.2, 0.25) is 0 Å². The molecule has 4 fully saturated rings. The summed E-state index contributed by atoms with van der Waals surface area (Å²) in [6, 6.07) is 17.7. The van der Waals surface area contributed by atoms with Crippen LogP contribution in [0.15, 0.2) is 63.5 Å². The van der Waals surface area contributed by atoms with E-state index in [1.807, 2.05) is 42.5 Å². The molecule has 0 aromatic heterocycles. The summed E-state index contributed by atoms with van der Waals surface area (Å²) in [5.41, 5.74) is 15.0. The lowest BCUT2D eigenvalue weighted by atomic mass is 9.48. The van der Waals surface area contributed by atoms with Crippen LogP contribution < -0.4 is 20.9 Å². The first kappa shape index (κ1) is 22.3. The Hall–Kier alpha value is -2.18. The molecule has 4 saturated carbocycles. The zero-order chi connectivity index (χ0) is 23.4. The average Bonchev–Trinajstić information content (AvgIpc) is 2.79. The number of ether oxygens (including phenoxy) is 2. The quantitative estimate of drug-likeness (QED) is 0.296. The van der Waals surface area contributed by atoms with Gasteiger partial charge in [0.2, 0.25) is 0 Å². The lowest BCUT2D eigenvalue weighted by molar-refractivity contribution is -0.00608. The molecule has 0 amide bonds. The molecular weight excluding hydrogens is 556 g/mol. The lowest BCUT2D eigenvalue weighted by Crippen LogP contribution is -2.48. The Morgan fingerprint density at radius 2 is 1.24 bits per heavy atom. The first-order chi connectivity index (χ1) is 16.4. The molecule has 0 saturated heterocycles. The van der Waals surface area contributed by atoms with E-state index in [1.54, 1.807) is 0 Å². The summed E-state index contributed by atoms with van der Waals surface area (Å²) in [7, 11) is 0. The Balaban J connectivity index is 1.45. The van der Waals surface area contributed by atoms with Gasteiger partial charge in [-0.3, -0.25) is 0 Å². The zero-order valence-corrected chi connectivity index (χ0v) is 22.1. The molecule has 0 heterocycles. The Kier molecular flexibility index (Phi) is 5.57. The highest BCUT2D eigenvalue weighted by Crippen LogP contribution is 2.63. The third-order valence-electron chi connectivity index (χ3n) is 7.97. The Morgan fingerprint density at radius 1 is 0.706 bits per heavy atom. The highest BCUT2D eigenvalue weighted by atomic mass is 79.9. The fourth-order valence-corrected chi connectivity index (χ4v) is 7.47. The lowest BCUT2D eigenvalue weighted by Gasteiger charge is -2.57. The van der Waals surface area contributed by atoms with E-state index < -0.39 is 0 Å². The molecule has 4 aliphatic rings. The number of hydrogen-bond acceptors (Lipinski definition) is 4. The maximum absolute atomic E-state index is 6.63. The van der Waals surface area contributed by atoms with Gasteiger partial charge in [-0.2, -0.15) is 0 Å². The van der Waals surface area contributed by atoms with E-state index in [9.17, 15) is 0 Å². The van der Waals surface area contributed by atoms with Crippen molar-refractivity contribution >= 4 is 43.2 Å². The van der Waals surface area contributed by atoms with E-state index in [4.69, 9.17) is 20.9 Å². The van der Waals surface area contributed by atoms with Gasteiger partial charge in [0, 0.05) is 38.0 Å². The van der Waals surface area contributed by atoms with Gasteiger partial charge in [-0.05, 0) is 124 Å². The molecule has 4 N–H and O–H groups in total. The van der Waals surface area contributed by atoms with Gasteiger partial charge < -0.3 is 20.9 Å². The van der Waals surface area contributed by atoms with Crippen LogP contribution in [0.1, 0.15) is 44.1 Å². The first-order valence-electron chi connectivity index (χ1n) is 12.0. The van der Waals surface area contributed by atoms with Gasteiger partial charge in [0.1, 0.15) is 11.5 Å². The van der Waals surface area contributed by atoms with Gasteiger partial charge in [0.05, 0.1) is 0 Å². The zero-order valence-electron chi connectivity index (χ0n) is 18.9. The molecular formula is C28H28Br2N2O2. The maximum atomic E-state index is 6.63. The number of nitrogens with two attached hydrogens (primary N) is 2. The number of hydrogen-bond donors (Lipinski definition) is 2. The Bertz CT molecular complexity index is 1220. The van der Waals surface area contributed by atoms with Crippen LogP contribution in [0, 0.1) is 17.8 Å². The number of anilines is 2. The summed E-state index contributed by atoms with van der Waals surface area (Å²) in [5.74, 6) is 5.39. The van der Waals surface area contributed by atoms with Crippen molar-refractivity contribution in [1.82, 2.24) is 0 Å². The van der Waals surface area contributed by atoms with E-state index in [-0.39, 0.29) is 5.41 Å². The highest BCUT2D eigenvalue weighted by Gasteiger charge is 2.52. The van der Waals surface area contributed by atoms with Crippen molar-refractivity contribution in [3.8, 4) is 23.0 Å². The van der Waals surface area contributed by atoms with E-state index >= 15 is 0 Å². The van der Waals surface area contributed by atoms with E-state index in [0.29, 0.717) is 28.6 Å². The molecule has 3 aromatic rings. The van der Waals surface area contributed by atoms with E-state index in [1.165, 1.54) is 44.1 Å². The number of para-hydroxylation sites is 1. The second kappa shape index (κ2) is 8.49. The predicted molar refractivity (Wildman–Crippen MR) is 144 cm³/mol. The van der Waals surface area contributed by atoms with Crippen molar-refractivity contribution in [1.29, 1.82) is 0 Å². The Labute approximate surface area is 217 Å². The maximum Gasteiger partial charge on any atom is 0.173 e. The third kappa shape index (κ3) is 3.99. The van der Waals surface area contributed by atoms with Crippen LogP contribution in [-0.2, 0) is 5.41 Å². The van der Waals surface area contributed by atoms with Crippen LogP contribution >= 0.6 is 31.9 Å². The van der Waals surface area contributed by atoms with Gasteiger partial charge >= 0.3 is 0 Å². The monoisotopic (exact) mass is 582 g/mol. The van der Waals surface area contributed by atoms with Crippen LogP contribution in [0.5, 0.6) is 23.0 Å². The summed E-state index contributed by atoms with van der Waals surface area (Å²) in [6.45, 7) is 0. The van der Waals surface area contributed by atoms with Gasteiger partial charge in [-0.15, -0.1) is 0 Å². The summed E-state index contributed by atoms with van der Waals surface area (Å²) < 4.78 is 14.7. The highest BCUT2D eigenvalue weighted by molar-refractivity contribution is 9.11. The van der Waals surface area contributed by atoms with Crippen molar-refractivity contribution in [3.63, 3.8) is 0 Å². The fraction of sp³-hybridized carbons (Fsp3) is 0.357. The third-order valence-corrected chi connectivity index (χ3v) is 9.42. The number of halogens is 2. The molecule has 4 aliphatic carbocycles. The summed E-state index contributed by atoms with van der Waals surface area (Å²) in [5, 5.41) is 0. The summed E-state index contributed by atoms with van der Waals surface area (Å²) in [4.78, 5) is 0. The average molecular weight is 584 g/mol. The molecule has 0 unspecified atom stereocenters. The molecule has 176 valence electrons. The number of rotatable bonds is 5. The van der Waals surface area contributed by atoms with Crippen LogP contribution in [-0.4, -0.2) is 0 Å². The van der Waals surface area contributed by atoms with Gasteiger partial charge in [0.25, 0.3) is 0 Å². The van der Waals surface area contributed by atoms with Crippen molar-refractivity contribution in [3.05, 3.63) is 69.1 Å². The molecule has 4 nitrogen and oxygen atoms in total. The molecule has 0 spiro atoms. The minimum absolute atomic E-state index is 0.156. The molecule has 0 atom stereocenters. The van der Waals surface area contributed by atoms with Crippen LogP contribution in [0.25, 0.3) is 0 Å². The molecule has 4 bridgehead atoms. The number of nitrogen functional groups attached to an aromatic ring is 2. The first-order valence-corrected chi connectivity index (χ1v) is 13.6. The predicted octanol–water partition coefficient (Wildman–Crippen LogP) is 8.43. The minimum Gasteiger partial charge on any atom is -0.453 e. The van der Waals surface area contributed by atoms with E-state index in [2.05, 4.69) is 44.0 Å². The van der Waals surface area contributed by atoms with Crippen molar-refractivity contribution in [2.75, 3.05) is 11.5 Å². The second-order valence-corrected chi connectivity index (χ2v) is 12.1. The van der Waals surface area contributed by atoms with Gasteiger partial charge in [-0.1, -0.05) is 12.1 Å². The molecule has 7 rings (SSSR count). The molecule has 3 aromatic carbocycles. The standard InChI is InChI=1S/C28H28Br2N2O2/c29-22-6-4-19(11-24(22)31)33-26-3-1-2-21(27(26)34-20-5-7-23(30)25(32)12-20)28-13-16-8-17(14-28)10-18(9-16)15-28/h1-7,11-12,16-18H,8-10,13-15,31-32H2. The smallest absolute Gasteiger partial charge is 0.173 e. The normalized spacial score (nSPS) is 27.1. The molecule has 0 radical (unpaired) electrons. The van der Waals surface area contributed by atoms with Gasteiger partial charge in [0.15, 0.2) is 11.5 Å². The largest absolute Gasteiger partial charge is 0.453 e. The van der Waals surface area contributed by atoms with Crippen LogP contribution in [0.4, 0.5) is 11.4 Å². The van der Waals surface area contributed by atoms with Crippen molar-refractivity contribution < 1.29 is 9.47 Å².